The molecule has 0 saturated heterocycles. The summed E-state index contributed by atoms with van der Waals surface area (Å²) < 4.78 is 5.47. The number of nitrogens with two attached hydrogens (primary N) is 1. The Morgan fingerprint density at radius 1 is 1.50 bits per heavy atom. The van der Waals surface area contributed by atoms with Crippen LogP contribution >= 0.6 is 11.8 Å². The van der Waals surface area contributed by atoms with Gasteiger partial charge in [-0.2, -0.15) is 0 Å². The summed E-state index contributed by atoms with van der Waals surface area (Å²) in [6.07, 6.45) is 1.58. The molecule has 18 heavy (non-hydrogen) atoms. The zero-order valence-electron chi connectivity index (χ0n) is 9.91. The number of oxime groups is 1. The van der Waals surface area contributed by atoms with E-state index >= 15 is 0 Å². The van der Waals surface area contributed by atoms with Crippen LogP contribution in [0.1, 0.15) is 17.1 Å². The van der Waals surface area contributed by atoms with Crippen molar-refractivity contribution in [1.29, 1.82) is 0 Å². The van der Waals surface area contributed by atoms with Gasteiger partial charge in [-0.15, -0.1) is 0 Å². The first-order chi connectivity index (χ1) is 8.60. The van der Waals surface area contributed by atoms with Crippen molar-refractivity contribution in [1.82, 2.24) is 9.97 Å². The maximum absolute atomic E-state index is 8.59. The lowest BCUT2D eigenvalue weighted by Crippen LogP contribution is -2.14. The first-order valence-corrected chi connectivity index (χ1v) is 5.97. The van der Waals surface area contributed by atoms with Gasteiger partial charge in [0.25, 0.3) is 5.22 Å². The Morgan fingerprint density at radius 2 is 2.28 bits per heavy atom. The number of rotatable bonds is 3. The van der Waals surface area contributed by atoms with Crippen LogP contribution in [-0.2, 0) is 0 Å². The highest BCUT2D eigenvalue weighted by molar-refractivity contribution is 7.99. The van der Waals surface area contributed by atoms with Gasteiger partial charge in [0.15, 0.2) is 5.84 Å². The highest BCUT2D eigenvalue weighted by Crippen LogP contribution is 2.28. The zero-order chi connectivity index (χ0) is 13.1. The van der Waals surface area contributed by atoms with Crippen LogP contribution in [0, 0.1) is 13.8 Å². The molecule has 0 bridgehead atoms. The molecule has 0 aromatic carbocycles. The van der Waals surface area contributed by atoms with Gasteiger partial charge in [-0.1, -0.05) is 5.16 Å². The summed E-state index contributed by atoms with van der Waals surface area (Å²) in [5.41, 5.74) is 6.74. The van der Waals surface area contributed by atoms with Crippen molar-refractivity contribution in [3.05, 3.63) is 35.5 Å². The minimum atomic E-state index is -0.0304. The minimum Gasteiger partial charge on any atom is -0.436 e. The van der Waals surface area contributed by atoms with Crippen molar-refractivity contribution in [3.63, 3.8) is 0 Å². The summed E-state index contributed by atoms with van der Waals surface area (Å²) in [6.45, 7) is 3.75. The molecule has 94 valence electrons. The van der Waals surface area contributed by atoms with Gasteiger partial charge in [0.05, 0.1) is 5.69 Å². The normalized spacial score (nSPS) is 11.8. The minimum absolute atomic E-state index is 0.0304. The van der Waals surface area contributed by atoms with E-state index in [-0.39, 0.29) is 5.84 Å². The van der Waals surface area contributed by atoms with Gasteiger partial charge in [-0.3, -0.25) is 4.98 Å². The van der Waals surface area contributed by atoms with E-state index < -0.39 is 0 Å². The zero-order valence-corrected chi connectivity index (χ0v) is 10.7. The van der Waals surface area contributed by atoms with E-state index in [0.717, 1.165) is 16.3 Å². The van der Waals surface area contributed by atoms with Crippen molar-refractivity contribution in [2.45, 2.75) is 24.0 Å². The van der Waals surface area contributed by atoms with E-state index in [9.17, 15) is 0 Å². The van der Waals surface area contributed by atoms with Crippen LogP contribution in [0.15, 0.2) is 38.0 Å². The van der Waals surface area contributed by atoms with Crippen LogP contribution in [0.3, 0.4) is 0 Å². The van der Waals surface area contributed by atoms with Gasteiger partial charge in [-0.25, -0.2) is 4.98 Å². The predicted octanol–water partition coefficient (Wildman–Crippen LogP) is 1.93. The van der Waals surface area contributed by atoms with Gasteiger partial charge < -0.3 is 15.4 Å². The number of pyridine rings is 1. The second kappa shape index (κ2) is 5.09. The lowest BCUT2D eigenvalue weighted by molar-refractivity contribution is 0.318. The van der Waals surface area contributed by atoms with Crippen LogP contribution in [0.5, 0.6) is 0 Å². The number of aromatic nitrogens is 2. The largest absolute Gasteiger partial charge is 0.436 e. The molecule has 2 aromatic heterocycles. The summed E-state index contributed by atoms with van der Waals surface area (Å²) >= 11 is 1.35. The average Bonchev–Trinajstić information content (AvgIpc) is 2.67. The van der Waals surface area contributed by atoms with Gasteiger partial charge in [0.1, 0.15) is 11.5 Å². The van der Waals surface area contributed by atoms with Crippen molar-refractivity contribution in [2.75, 3.05) is 0 Å². The fraction of sp³-hybridized carbons (Fsp3) is 0.182. The highest BCUT2D eigenvalue weighted by atomic mass is 32.2. The Labute approximate surface area is 108 Å². The van der Waals surface area contributed by atoms with Crippen molar-refractivity contribution in [2.24, 2.45) is 10.9 Å². The summed E-state index contributed by atoms with van der Waals surface area (Å²) in [4.78, 5) is 9.11. The molecular weight excluding hydrogens is 252 g/mol. The number of nitrogens with zero attached hydrogens (tertiary/aromatic N) is 3. The standard InChI is InChI=1S/C11H12N4O2S/c1-6-7(2)17-11(14-6)18-8-3-4-13-9(5-8)10(12)15-16/h3-5,16H,1-2H3,(H2,12,15). The number of amidine groups is 1. The van der Waals surface area contributed by atoms with Gasteiger partial charge in [0.2, 0.25) is 0 Å². The number of aryl methyl sites for hydroxylation is 2. The van der Waals surface area contributed by atoms with E-state index in [1.54, 1.807) is 18.3 Å². The highest BCUT2D eigenvalue weighted by Gasteiger charge is 2.09. The van der Waals surface area contributed by atoms with Crippen LogP contribution in [0.4, 0.5) is 0 Å². The predicted molar refractivity (Wildman–Crippen MR) is 66.8 cm³/mol. The summed E-state index contributed by atoms with van der Waals surface area (Å²) in [5, 5.41) is 12.1. The Bertz CT molecular complexity index is 575. The van der Waals surface area contributed by atoms with Crippen LogP contribution in [-0.4, -0.2) is 21.0 Å². The fourth-order valence-corrected chi connectivity index (χ4v) is 2.10. The van der Waals surface area contributed by atoms with Crippen molar-refractivity contribution in [3.8, 4) is 0 Å². The molecule has 0 atom stereocenters. The average molecular weight is 264 g/mol. The van der Waals surface area contributed by atoms with E-state index in [4.69, 9.17) is 15.4 Å². The first kappa shape index (κ1) is 12.4. The fourth-order valence-electron chi connectivity index (χ4n) is 1.25. The van der Waals surface area contributed by atoms with E-state index in [0.29, 0.717) is 10.9 Å². The maximum Gasteiger partial charge on any atom is 0.260 e. The molecule has 0 aliphatic rings. The first-order valence-electron chi connectivity index (χ1n) is 5.16. The Balaban J connectivity index is 2.24. The van der Waals surface area contributed by atoms with Crippen LogP contribution < -0.4 is 5.73 Å². The third-order valence-electron chi connectivity index (χ3n) is 2.32. The van der Waals surface area contributed by atoms with E-state index in [1.807, 2.05) is 13.8 Å². The molecular formula is C11H12N4O2S. The third-order valence-corrected chi connectivity index (χ3v) is 3.15. The Morgan fingerprint density at radius 3 is 2.89 bits per heavy atom. The summed E-state index contributed by atoms with van der Waals surface area (Å²) in [7, 11) is 0. The monoisotopic (exact) mass is 264 g/mol. The van der Waals surface area contributed by atoms with Crippen molar-refractivity contribution < 1.29 is 9.62 Å². The molecule has 2 heterocycles. The SMILES string of the molecule is Cc1nc(Sc2ccnc(/C(N)=N/O)c2)oc1C. The molecule has 2 rings (SSSR count). The summed E-state index contributed by atoms with van der Waals surface area (Å²) in [5.74, 6) is 0.764. The molecule has 3 N–H and O–H groups in total. The topological polar surface area (TPSA) is 97.5 Å². The molecule has 0 radical (unpaired) electrons. The van der Waals surface area contributed by atoms with E-state index in [1.165, 1.54) is 11.8 Å². The van der Waals surface area contributed by atoms with Gasteiger partial charge >= 0.3 is 0 Å². The number of oxazole rings is 1. The lowest BCUT2D eigenvalue weighted by atomic mass is 10.3. The second-order valence-electron chi connectivity index (χ2n) is 3.59. The van der Waals surface area contributed by atoms with Crippen LogP contribution in [0.2, 0.25) is 0 Å². The van der Waals surface area contributed by atoms with Crippen LogP contribution in [0.25, 0.3) is 0 Å². The molecule has 0 unspecified atom stereocenters. The molecule has 2 aromatic rings. The Hall–Kier alpha value is -2.02. The third kappa shape index (κ3) is 2.62. The van der Waals surface area contributed by atoms with Gasteiger partial charge in [0, 0.05) is 11.1 Å². The Kier molecular flexibility index (Phi) is 3.52. The second-order valence-corrected chi connectivity index (χ2v) is 4.61. The number of hydrogen-bond donors (Lipinski definition) is 2. The molecule has 0 fully saturated rings. The summed E-state index contributed by atoms with van der Waals surface area (Å²) in [6, 6.07) is 3.50. The number of hydrogen-bond acceptors (Lipinski definition) is 6. The van der Waals surface area contributed by atoms with Gasteiger partial charge in [-0.05, 0) is 37.7 Å². The molecule has 0 saturated carbocycles. The molecule has 6 nitrogen and oxygen atoms in total. The maximum atomic E-state index is 8.59. The lowest BCUT2D eigenvalue weighted by Gasteiger charge is -2.00. The quantitative estimate of drug-likeness (QED) is 0.380. The molecule has 7 heteroatoms. The smallest absolute Gasteiger partial charge is 0.260 e. The van der Waals surface area contributed by atoms with E-state index in [2.05, 4.69) is 15.1 Å². The molecule has 0 amide bonds. The molecule has 0 spiro atoms. The van der Waals surface area contributed by atoms with Crippen molar-refractivity contribution >= 4 is 17.6 Å². The molecule has 0 aliphatic carbocycles. The molecule has 0 aliphatic heterocycles.